The van der Waals surface area contributed by atoms with E-state index in [4.69, 9.17) is 0 Å². The van der Waals surface area contributed by atoms with Crippen LogP contribution in [0.1, 0.15) is 38.2 Å². The van der Waals surface area contributed by atoms with Crippen LogP contribution in [0.15, 0.2) is 24.5 Å². The van der Waals surface area contributed by atoms with E-state index in [2.05, 4.69) is 10.3 Å². The second-order valence-electron chi connectivity index (χ2n) is 6.37. The molecule has 2 saturated carbocycles. The highest BCUT2D eigenvalue weighted by Crippen LogP contribution is 2.48. The molecule has 2 N–H and O–H groups in total. The molecule has 1 aromatic heterocycles. The fourth-order valence-corrected chi connectivity index (χ4v) is 2.87. The molecule has 0 spiro atoms. The number of amides is 1. The molecular formula is C15H20N2O2. The Morgan fingerprint density at radius 3 is 2.84 bits per heavy atom. The molecular weight excluding hydrogens is 240 g/mol. The van der Waals surface area contributed by atoms with E-state index in [9.17, 15) is 9.90 Å². The minimum atomic E-state index is -0.300. The first-order valence-corrected chi connectivity index (χ1v) is 6.88. The van der Waals surface area contributed by atoms with Gasteiger partial charge in [0.1, 0.15) is 0 Å². The van der Waals surface area contributed by atoms with Crippen LogP contribution < -0.4 is 5.32 Å². The van der Waals surface area contributed by atoms with Gasteiger partial charge in [-0.1, -0.05) is 19.9 Å². The van der Waals surface area contributed by atoms with Gasteiger partial charge < -0.3 is 10.4 Å². The zero-order valence-corrected chi connectivity index (χ0v) is 11.3. The molecule has 0 saturated heterocycles. The minimum absolute atomic E-state index is 0.0812. The first-order valence-electron chi connectivity index (χ1n) is 6.88. The molecule has 1 amide bonds. The molecule has 2 aliphatic carbocycles. The molecule has 3 rings (SSSR count). The highest BCUT2D eigenvalue weighted by molar-refractivity contribution is 5.83. The van der Waals surface area contributed by atoms with E-state index in [0.29, 0.717) is 12.3 Å². The number of aliphatic hydroxyl groups is 1. The number of nitrogens with one attached hydrogen (secondary N) is 1. The fourth-order valence-electron chi connectivity index (χ4n) is 2.87. The summed E-state index contributed by atoms with van der Waals surface area (Å²) in [5, 5.41) is 12.8. The van der Waals surface area contributed by atoms with Gasteiger partial charge in [-0.3, -0.25) is 9.78 Å². The number of hydrogen-bond donors (Lipinski definition) is 2. The molecule has 4 atom stereocenters. The molecule has 2 fully saturated rings. The number of aliphatic hydroxyl groups excluding tert-OH is 1. The number of pyridine rings is 1. The van der Waals surface area contributed by atoms with Crippen LogP contribution in [-0.4, -0.2) is 28.1 Å². The Hall–Kier alpha value is -1.42. The van der Waals surface area contributed by atoms with Crippen molar-refractivity contribution in [2.75, 3.05) is 0 Å². The summed E-state index contributed by atoms with van der Waals surface area (Å²) < 4.78 is 0. The van der Waals surface area contributed by atoms with Gasteiger partial charge >= 0.3 is 0 Å². The number of aromatic nitrogens is 1. The van der Waals surface area contributed by atoms with Crippen LogP contribution in [0.4, 0.5) is 0 Å². The normalized spacial score (nSPS) is 35.3. The standard InChI is InChI=1S/C15H20N2O2/c1-15(2)12(7-13(15)18)17-14(19)11-6-10(11)9-4-3-5-16-8-9/h3-5,8,10-13,18H,6-7H2,1-2H3,(H,17,19)/t10-,11+,12?,13?/m0/s1. The zero-order valence-electron chi connectivity index (χ0n) is 11.3. The Kier molecular flexibility index (Phi) is 2.86. The predicted molar refractivity (Wildman–Crippen MR) is 71.4 cm³/mol. The van der Waals surface area contributed by atoms with E-state index in [1.807, 2.05) is 32.2 Å². The molecule has 102 valence electrons. The number of carbonyl (C=O) groups excluding carboxylic acids is 1. The molecule has 0 bridgehead atoms. The number of carbonyl (C=O) groups is 1. The summed E-state index contributed by atoms with van der Waals surface area (Å²) in [6.45, 7) is 4.00. The van der Waals surface area contributed by atoms with Crippen LogP contribution in [0.3, 0.4) is 0 Å². The maximum Gasteiger partial charge on any atom is 0.223 e. The van der Waals surface area contributed by atoms with E-state index in [0.717, 1.165) is 12.0 Å². The first kappa shape index (κ1) is 12.6. The van der Waals surface area contributed by atoms with Crippen molar-refractivity contribution in [3.8, 4) is 0 Å². The molecule has 0 aromatic carbocycles. The van der Waals surface area contributed by atoms with Crippen LogP contribution >= 0.6 is 0 Å². The molecule has 0 radical (unpaired) electrons. The summed E-state index contributed by atoms with van der Waals surface area (Å²) in [6.07, 6.45) is 4.87. The molecule has 2 aliphatic rings. The second-order valence-corrected chi connectivity index (χ2v) is 6.37. The van der Waals surface area contributed by atoms with Crippen LogP contribution in [0.25, 0.3) is 0 Å². The highest BCUT2D eigenvalue weighted by Gasteiger charge is 2.51. The van der Waals surface area contributed by atoms with Crippen molar-refractivity contribution >= 4 is 5.91 Å². The molecule has 19 heavy (non-hydrogen) atoms. The van der Waals surface area contributed by atoms with Gasteiger partial charge in [-0.05, 0) is 30.4 Å². The molecule has 4 nitrogen and oxygen atoms in total. The van der Waals surface area contributed by atoms with E-state index in [1.165, 1.54) is 0 Å². The Morgan fingerprint density at radius 2 is 2.26 bits per heavy atom. The van der Waals surface area contributed by atoms with Crippen molar-refractivity contribution in [3.63, 3.8) is 0 Å². The van der Waals surface area contributed by atoms with Gasteiger partial charge in [0.25, 0.3) is 0 Å². The lowest BCUT2D eigenvalue weighted by molar-refractivity contribution is -0.130. The Labute approximate surface area is 113 Å². The molecule has 1 aromatic rings. The van der Waals surface area contributed by atoms with E-state index < -0.39 is 0 Å². The Morgan fingerprint density at radius 1 is 1.47 bits per heavy atom. The average Bonchev–Trinajstić information content (AvgIpc) is 3.19. The maximum atomic E-state index is 12.2. The van der Waals surface area contributed by atoms with Gasteiger partial charge in [-0.2, -0.15) is 0 Å². The molecule has 4 heteroatoms. The first-order chi connectivity index (χ1) is 9.00. The van der Waals surface area contributed by atoms with Gasteiger partial charge in [0.15, 0.2) is 0 Å². The lowest BCUT2D eigenvalue weighted by Crippen LogP contribution is -2.61. The summed E-state index contributed by atoms with van der Waals surface area (Å²) in [5.41, 5.74) is 0.949. The zero-order chi connectivity index (χ0) is 13.6. The Balaban J connectivity index is 1.57. The van der Waals surface area contributed by atoms with Crippen LogP contribution in [0.2, 0.25) is 0 Å². The fraction of sp³-hybridized carbons (Fsp3) is 0.600. The summed E-state index contributed by atoms with van der Waals surface area (Å²) in [6, 6.07) is 4.04. The van der Waals surface area contributed by atoms with Crippen molar-refractivity contribution in [2.24, 2.45) is 11.3 Å². The van der Waals surface area contributed by atoms with Gasteiger partial charge in [0.05, 0.1) is 6.10 Å². The summed E-state index contributed by atoms with van der Waals surface area (Å²) in [4.78, 5) is 16.3. The summed E-state index contributed by atoms with van der Waals surface area (Å²) >= 11 is 0. The third-order valence-corrected chi connectivity index (χ3v) is 4.77. The molecule has 2 unspecified atom stereocenters. The highest BCUT2D eigenvalue weighted by atomic mass is 16.3. The maximum absolute atomic E-state index is 12.2. The summed E-state index contributed by atoms with van der Waals surface area (Å²) in [5.74, 6) is 0.526. The molecule has 1 heterocycles. The second kappa shape index (κ2) is 4.30. The van der Waals surface area contributed by atoms with Crippen molar-refractivity contribution in [3.05, 3.63) is 30.1 Å². The lowest BCUT2D eigenvalue weighted by atomic mass is 9.64. The topological polar surface area (TPSA) is 62.2 Å². The van der Waals surface area contributed by atoms with Gasteiger partial charge in [-0.15, -0.1) is 0 Å². The van der Waals surface area contributed by atoms with Crippen LogP contribution in [0.5, 0.6) is 0 Å². The number of nitrogens with zero attached hydrogens (tertiary/aromatic N) is 1. The SMILES string of the molecule is CC1(C)C(O)CC1NC(=O)[C@@H]1C[C@H]1c1cccnc1. The smallest absolute Gasteiger partial charge is 0.223 e. The largest absolute Gasteiger partial charge is 0.392 e. The average molecular weight is 260 g/mol. The van der Waals surface area contributed by atoms with E-state index in [1.54, 1.807) is 6.20 Å². The van der Waals surface area contributed by atoms with Gasteiger partial charge in [0, 0.05) is 29.8 Å². The predicted octanol–water partition coefficient (Wildman–Crippen LogP) is 1.46. The van der Waals surface area contributed by atoms with Crippen molar-refractivity contribution in [2.45, 2.75) is 44.8 Å². The van der Waals surface area contributed by atoms with Crippen LogP contribution in [0, 0.1) is 11.3 Å². The third kappa shape index (κ3) is 2.14. The van der Waals surface area contributed by atoms with E-state index >= 15 is 0 Å². The quantitative estimate of drug-likeness (QED) is 0.865. The van der Waals surface area contributed by atoms with Gasteiger partial charge in [0.2, 0.25) is 5.91 Å². The van der Waals surface area contributed by atoms with Crippen molar-refractivity contribution in [1.29, 1.82) is 0 Å². The van der Waals surface area contributed by atoms with Crippen molar-refractivity contribution < 1.29 is 9.90 Å². The lowest BCUT2D eigenvalue weighted by Gasteiger charge is -2.49. The summed E-state index contributed by atoms with van der Waals surface area (Å²) in [7, 11) is 0. The Bertz CT molecular complexity index is 486. The third-order valence-electron chi connectivity index (χ3n) is 4.77. The number of rotatable bonds is 3. The van der Waals surface area contributed by atoms with E-state index in [-0.39, 0.29) is 29.4 Å². The monoisotopic (exact) mass is 260 g/mol. The number of hydrogen-bond acceptors (Lipinski definition) is 3. The minimum Gasteiger partial charge on any atom is -0.392 e. The van der Waals surface area contributed by atoms with Crippen molar-refractivity contribution in [1.82, 2.24) is 10.3 Å². The molecule has 0 aliphatic heterocycles. The van der Waals surface area contributed by atoms with Crippen LogP contribution in [-0.2, 0) is 4.79 Å². The van der Waals surface area contributed by atoms with Gasteiger partial charge in [-0.25, -0.2) is 0 Å².